The molecule has 0 fully saturated rings. The van der Waals surface area contributed by atoms with Gasteiger partial charge in [0.25, 0.3) is 0 Å². The Morgan fingerprint density at radius 2 is 2.27 bits per heavy atom. The fourth-order valence-corrected chi connectivity index (χ4v) is 1.46. The summed E-state index contributed by atoms with van der Waals surface area (Å²) in [4.78, 5) is 1.97. The second-order valence-corrected chi connectivity index (χ2v) is 4.33. The molecule has 1 aromatic heterocycles. The molecule has 1 N–H and O–H groups in total. The fraction of sp³-hybridized carbons (Fsp3) is 0.778. The lowest BCUT2D eigenvalue weighted by Gasteiger charge is -2.12. The van der Waals surface area contributed by atoms with E-state index in [4.69, 9.17) is 4.42 Å². The van der Waals surface area contributed by atoms with Gasteiger partial charge in [0.05, 0.1) is 6.04 Å². The second kappa shape index (κ2) is 5.97. The summed E-state index contributed by atoms with van der Waals surface area (Å²) >= 11 is 1.80. The monoisotopic (exact) mass is 230 g/mol. The van der Waals surface area contributed by atoms with Gasteiger partial charge in [-0.15, -0.1) is 5.10 Å². The topological polar surface area (TPSA) is 54.2 Å². The number of nitrogens with one attached hydrogen (secondary N) is 1. The van der Waals surface area contributed by atoms with E-state index in [-0.39, 0.29) is 6.04 Å². The van der Waals surface area contributed by atoms with Gasteiger partial charge in [0.15, 0.2) is 0 Å². The lowest BCUT2D eigenvalue weighted by molar-refractivity contribution is 0.433. The van der Waals surface area contributed by atoms with Crippen molar-refractivity contribution < 1.29 is 4.42 Å². The molecule has 0 aliphatic rings. The third-order valence-corrected chi connectivity index (χ3v) is 2.78. The molecule has 0 aliphatic heterocycles. The smallest absolute Gasteiger partial charge is 0.317 e. The van der Waals surface area contributed by atoms with Gasteiger partial charge < -0.3 is 14.6 Å². The van der Waals surface area contributed by atoms with Crippen LogP contribution in [-0.2, 0) is 0 Å². The number of anilines is 1. The molecule has 1 atom stereocenters. The van der Waals surface area contributed by atoms with Crippen LogP contribution < -0.4 is 10.2 Å². The molecule has 0 saturated heterocycles. The van der Waals surface area contributed by atoms with E-state index < -0.39 is 0 Å². The van der Waals surface area contributed by atoms with E-state index in [1.807, 2.05) is 25.9 Å². The molecule has 1 aromatic rings. The Morgan fingerprint density at radius 3 is 2.87 bits per heavy atom. The summed E-state index contributed by atoms with van der Waals surface area (Å²) in [5, 5.41) is 11.0. The maximum Gasteiger partial charge on any atom is 0.317 e. The van der Waals surface area contributed by atoms with Crippen molar-refractivity contribution in [2.75, 3.05) is 37.5 Å². The van der Waals surface area contributed by atoms with E-state index in [0.717, 1.165) is 12.3 Å². The van der Waals surface area contributed by atoms with Crippen LogP contribution in [0.25, 0.3) is 0 Å². The van der Waals surface area contributed by atoms with Gasteiger partial charge in [-0.05, 0) is 20.2 Å². The van der Waals surface area contributed by atoms with Crippen molar-refractivity contribution in [3.8, 4) is 0 Å². The van der Waals surface area contributed by atoms with Crippen molar-refractivity contribution in [1.82, 2.24) is 15.5 Å². The number of hydrogen-bond donors (Lipinski definition) is 1. The molecule has 1 rings (SSSR count). The third-order valence-electron chi connectivity index (χ3n) is 2.19. The SMILES string of the molecule is CNC(C)c1nnc(N(C)CCSC)o1. The molecule has 0 spiro atoms. The Morgan fingerprint density at radius 1 is 1.53 bits per heavy atom. The highest BCUT2D eigenvalue weighted by atomic mass is 32.2. The lowest BCUT2D eigenvalue weighted by Crippen LogP contribution is -2.20. The molecule has 0 bridgehead atoms. The summed E-state index contributed by atoms with van der Waals surface area (Å²) in [6, 6.07) is 0.682. The molecule has 1 heterocycles. The summed E-state index contributed by atoms with van der Waals surface area (Å²) in [6.07, 6.45) is 2.08. The van der Waals surface area contributed by atoms with Crippen molar-refractivity contribution in [1.29, 1.82) is 0 Å². The minimum atomic E-state index is 0.0974. The van der Waals surface area contributed by atoms with E-state index in [1.165, 1.54) is 0 Å². The first-order chi connectivity index (χ1) is 7.19. The van der Waals surface area contributed by atoms with Crippen LogP contribution in [0.5, 0.6) is 0 Å². The third kappa shape index (κ3) is 3.39. The molecule has 0 saturated carbocycles. The predicted octanol–water partition coefficient (Wildman–Crippen LogP) is 1.15. The maximum atomic E-state index is 5.53. The molecule has 15 heavy (non-hydrogen) atoms. The van der Waals surface area contributed by atoms with Gasteiger partial charge in [0.1, 0.15) is 0 Å². The minimum Gasteiger partial charge on any atom is -0.406 e. The number of rotatable bonds is 6. The van der Waals surface area contributed by atoms with Gasteiger partial charge in [-0.3, -0.25) is 0 Å². The summed E-state index contributed by atoms with van der Waals surface area (Å²) in [6.45, 7) is 2.90. The zero-order chi connectivity index (χ0) is 11.3. The highest BCUT2D eigenvalue weighted by Crippen LogP contribution is 2.15. The van der Waals surface area contributed by atoms with Crippen molar-refractivity contribution in [2.24, 2.45) is 0 Å². The molecule has 0 radical (unpaired) electrons. The molecule has 6 heteroatoms. The van der Waals surface area contributed by atoms with Crippen molar-refractivity contribution in [3.05, 3.63) is 5.89 Å². The van der Waals surface area contributed by atoms with Gasteiger partial charge in [-0.2, -0.15) is 11.8 Å². The number of hydrogen-bond acceptors (Lipinski definition) is 6. The molecule has 5 nitrogen and oxygen atoms in total. The zero-order valence-electron chi connectivity index (χ0n) is 9.65. The Hall–Kier alpha value is -0.750. The second-order valence-electron chi connectivity index (χ2n) is 3.35. The van der Waals surface area contributed by atoms with Gasteiger partial charge in [0, 0.05) is 19.3 Å². The Bertz CT molecular complexity index is 291. The van der Waals surface area contributed by atoms with E-state index in [0.29, 0.717) is 11.9 Å². The Labute approximate surface area is 94.6 Å². The highest BCUT2D eigenvalue weighted by molar-refractivity contribution is 7.98. The molecule has 86 valence electrons. The Balaban J connectivity index is 2.58. The zero-order valence-corrected chi connectivity index (χ0v) is 10.5. The molecule has 0 aliphatic carbocycles. The van der Waals surface area contributed by atoms with Gasteiger partial charge in [-0.25, -0.2) is 0 Å². The average molecular weight is 230 g/mol. The predicted molar refractivity (Wildman–Crippen MR) is 63.4 cm³/mol. The first-order valence-electron chi connectivity index (χ1n) is 4.89. The molecular weight excluding hydrogens is 212 g/mol. The van der Waals surface area contributed by atoms with Crippen molar-refractivity contribution >= 4 is 17.8 Å². The van der Waals surface area contributed by atoms with Crippen LogP contribution in [0.3, 0.4) is 0 Å². The Kier molecular flexibility index (Phi) is 4.90. The first-order valence-corrected chi connectivity index (χ1v) is 6.29. The van der Waals surface area contributed by atoms with Crippen molar-refractivity contribution in [3.63, 3.8) is 0 Å². The summed E-state index contributed by atoms with van der Waals surface area (Å²) in [7, 11) is 3.82. The number of aromatic nitrogens is 2. The molecule has 0 amide bonds. The molecule has 0 aromatic carbocycles. The number of thioether (sulfide) groups is 1. The molecule has 1 unspecified atom stereocenters. The standard InChI is InChI=1S/C9H18N4OS/c1-7(10-2)8-11-12-9(14-8)13(3)5-6-15-4/h7,10H,5-6H2,1-4H3. The van der Waals surface area contributed by atoms with Crippen LogP contribution in [0.2, 0.25) is 0 Å². The first kappa shape index (κ1) is 12.3. The van der Waals surface area contributed by atoms with E-state index in [9.17, 15) is 0 Å². The highest BCUT2D eigenvalue weighted by Gasteiger charge is 2.14. The van der Waals surface area contributed by atoms with E-state index in [2.05, 4.69) is 21.8 Å². The summed E-state index contributed by atoms with van der Waals surface area (Å²) < 4.78 is 5.53. The normalized spacial score (nSPS) is 12.8. The van der Waals surface area contributed by atoms with Crippen molar-refractivity contribution in [2.45, 2.75) is 13.0 Å². The quantitative estimate of drug-likeness (QED) is 0.791. The average Bonchev–Trinajstić information content (AvgIpc) is 2.74. The molecular formula is C9H18N4OS. The lowest BCUT2D eigenvalue weighted by atomic mass is 10.3. The van der Waals surface area contributed by atoms with Crippen LogP contribution in [0, 0.1) is 0 Å². The largest absolute Gasteiger partial charge is 0.406 e. The van der Waals surface area contributed by atoms with Crippen LogP contribution >= 0.6 is 11.8 Å². The van der Waals surface area contributed by atoms with Crippen LogP contribution in [-0.4, -0.2) is 42.8 Å². The van der Waals surface area contributed by atoms with Crippen LogP contribution in [0.4, 0.5) is 6.01 Å². The van der Waals surface area contributed by atoms with Gasteiger partial charge in [0.2, 0.25) is 5.89 Å². The van der Waals surface area contributed by atoms with E-state index in [1.54, 1.807) is 11.8 Å². The van der Waals surface area contributed by atoms with Gasteiger partial charge in [-0.1, -0.05) is 5.10 Å². The minimum absolute atomic E-state index is 0.0974. The van der Waals surface area contributed by atoms with Crippen LogP contribution in [0.15, 0.2) is 4.42 Å². The maximum absolute atomic E-state index is 5.53. The fourth-order valence-electron chi connectivity index (χ4n) is 1.00. The van der Waals surface area contributed by atoms with Crippen LogP contribution in [0.1, 0.15) is 18.9 Å². The summed E-state index contributed by atoms with van der Waals surface area (Å²) in [5.74, 6) is 1.68. The van der Waals surface area contributed by atoms with E-state index >= 15 is 0 Å². The van der Waals surface area contributed by atoms with Gasteiger partial charge >= 0.3 is 6.01 Å². The summed E-state index contributed by atoms with van der Waals surface area (Å²) in [5.41, 5.74) is 0. The number of nitrogens with zero attached hydrogens (tertiary/aromatic N) is 3.